The van der Waals surface area contributed by atoms with Gasteiger partial charge in [-0.3, -0.25) is 9.59 Å². The summed E-state index contributed by atoms with van der Waals surface area (Å²) >= 11 is 5.85. The van der Waals surface area contributed by atoms with Crippen LogP contribution in [0.4, 0.5) is 0 Å². The highest BCUT2D eigenvalue weighted by Crippen LogP contribution is 2.17. The van der Waals surface area contributed by atoms with Crippen LogP contribution in [0.5, 0.6) is 11.5 Å². The normalized spacial score (nSPS) is 11.4. The van der Waals surface area contributed by atoms with Crippen LogP contribution in [-0.4, -0.2) is 43.5 Å². The third kappa shape index (κ3) is 6.98. The van der Waals surface area contributed by atoms with Crippen molar-refractivity contribution in [1.29, 1.82) is 0 Å². The molecule has 0 aliphatic heterocycles. The second-order valence-corrected chi connectivity index (χ2v) is 7.00. The Morgan fingerprint density at radius 2 is 1.69 bits per heavy atom. The first-order valence-electron chi connectivity index (χ1n) is 9.47. The molecule has 0 aromatic heterocycles. The van der Waals surface area contributed by atoms with Crippen LogP contribution in [0.3, 0.4) is 0 Å². The standard InChI is InChI=1S/C22H27ClN2O4/c1-16(22(27)24-2)25(15-17-6-10-19(28-3)11-7-17)21(26)5-4-14-29-20-12-8-18(23)9-13-20/h6-13,16H,4-5,14-15H2,1-3H3,(H,24,27). The predicted molar refractivity (Wildman–Crippen MR) is 113 cm³/mol. The summed E-state index contributed by atoms with van der Waals surface area (Å²) in [7, 11) is 3.17. The van der Waals surface area contributed by atoms with Gasteiger partial charge in [-0.15, -0.1) is 0 Å². The second kappa shape index (κ2) is 11.3. The monoisotopic (exact) mass is 418 g/mol. The van der Waals surface area contributed by atoms with E-state index in [0.29, 0.717) is 30.3 Å². The molecule has 1 unspecified atom stereocenters. The molecular formula is C22H27ClN2O4. The third-order valence-electron chi connectivity index (χ3n) is 4.54. The number of amides is 2. The maximum absolute atomic E-state index is 12.8. The number of hydrogen-bond donors (Lipinski definition) is 1. The van der Waals surface area contributed by atoms with Gasteiger partial charge in [0.1, 0.15) is 17.5 Å². The number of carbonyl (C=O) groups excluding carboxylic acids is 2. The van der Waals surface area contributed by atoms with E-state index in [2.05, 4.69) is 5.32 Å². The average molecular weight is 419 g/mol. The lowest BCUT2D eigenvalue weighted by Gasteiger charge is -2.28. The van der Waals surface area contributed by atoms with Gasteiger partial charge >= 0.3 is 0 Å². The number of methoxy groups -OCH3 is 1. The number of carbonyl (C=O) groups is 2. The van der Waals surface area contributed by atoms with Gasteiger partial charge in [-0.2, -0.15) is 0 Å². The summed E-state index contributed by atoms with van der Waals surface area (Å²) in [5, 5.41) is 3.25. The molecule has 0 saturated heterocycles. The molecule has 2 amide bonds. The fourth-order valence-corrected chi connectivity index (χ4v) is 2.93. The maximum atomic E-state index is 12.8. The van der Waals surface area contributed by atoms with E-state index in [1.807, 2.05) is 24.3 Å². The van der Waals surface area contributed by atoms with Crippen LogP contribution in [0.25, 0.3) is 0 Å². The summed E-state index contributed by atoms with van der Waals surface area (Å²) in [6, 6.07) is 13.9. The lowest BCUT2D eigenvalue weighted by Crippen LogP contribution is -2.46. The number of rotatable bonds is 10. The Kier molecular flexibility index (Phi) is 8.80. The molecular weight excluding hydrogens is 392 g/mol. The first-order chi connectivity index (χ1) is 13.9. The molecule has 1 atom stereocenters. The minimum absolute atomic E-state index is 0.100. The van der Waals surface area contributed by atoms with Crippen LogP contribution in [0.2, 0.25) is 5.02 Å². The zero-order valence-corrected chi connectivity index (χ0v) is 17.7. The van der Waals surface area contributed by atoms with Gasteiger partial charge in [0.25, 0.3) is 0 Å². The third-order valence-corrected chi connectivity index (χ3v) is 4.79. The quantitative estimate of drug-likeness (QED) is 0.598. The van der Waals surface area contributed by atoms with E-state index in [0.717, 1.165) is 11.3 Å². The van der Waals surface area contributed by atoms with Gasteiger partial charge in [0.05, 0.1) is 13.7 Å². The highest BCUT2D eigenvalue weighted by molar-refractivity contribution is 6.30. The first-order valence-corrected chi connectivity index (χ1v) is 9.84. The molecule has 156 valence electrons. The first kappa shape index (κ1) is 22.6. The number of hydrogen-bond acceptors (Lipinski definition) is 4. The molecule has 1 N–H and O–H groups in total. The molecule has 2 rings (SSSR count). The van der Waals surface area contributed by atoms with Crippen molar-refractivity contribution >= 4 is 23.4 Å². The number of nitrogens with one attached hydrogen (secondary N) is 1. The van der Waals surface area contributed by atoms with Crippen molar-refractivity contribution in [2.24, 2.45) is 0 Å². The largest absolute Gasteiger partial charge is 0.497 e. The smallest absolute Gasteiger partial charge is 0.242 e. The topological polar surface area (TPSA) is 67.9 Å². The molecule has 6 nitrogen and oxygen atoms in total. The van der Waals surface area contributed by atoms with E-state index in [-0.39, 0.29) is 18.2 Å². The van der Waals surface area contributed by atoms with Gasteiger partial charge in [0.15, 0.2) is 0 Å². The van der Waals surface area contributed by atoms with Crippen LogP contribution in [0.1, 0.15) is 25.3 Å². The molecule has 7 heteroatoms. The van der Waals surface area contributed by atoms with E-state index in [4.69, 9.17) is 21.1 Å². The lowest BCUT2D eigenvalue weighted by molar-refractivity contribution is -0.140. The lowest BCUT2D eigenvalue weighted by atomic mass is 10.1. The number of likely N-dealkylation sites (N-methyl/N-ethyl adjacent to an activating group) is 1. The number of halogens is 1. The Bertz CT molecular complexity index is 793. The predicted octanol–water partition coefficient (Wildman–Crippen LogP) is 3.67. The van der Waals surface area contributed by atoms with Crippen LogP contribution in [0.15, 0.2) is 48.5 Å². The summed E-state index contributed by atoms with van der Waals surface area (Å²) < 4.78 is 10.8. The molecule has 0 aliphatic carbocycles. The Morgan fingerprint density at radius 1 is 1.07 bits per heavy atom. The van der Waals surface area contributed by atoms with Gasteiger partial charge in [-0.1, -0.05) is 23.7 Å². The zero-order chi connectivity index (χ0) is 21.2. The van der Waals surface area contributed by atoms with Crippen LogP contribution >= 0.6 is 11.6 Å². The zero-order valence-electron chi connectivity index (χ0n) is 17.0. The molecule has 0 fully saturated rings. The molecule has 0 spiro atoms. The van der Waals surface area contributed by atoms with E-state index >= 15 is 0 Å². The fraction of sp³-hybridized carbons (Fsp3) is 0.364. The number of benzene rings is 2. The SMILES string of the molecule is CNC(=O)C(C)N(Cc1ccc(OC)cc1)C(=O)CCCOc1ccc(Cl)cc1. The molecule has 2 aromatic carbocycles. The number of ether oxygens (including phenoxy) is 2. The van der Waals surface area contributed by atoms with Crippen molar-refractivity contribution in [2.75, 3.05) is 20.8 Å². The summed E-state index contributed by atoms with van der Waals surface area (Å²) in [6.45, 7) is 2.47. The second-order valence-electron chi connectivity index (χ2n) is 6.57. The molecule has 0 aliphatic rings. The van der Waals surface area contributed by atoms with E-state index in [1.165, 1.54) is 0 Å². The molecule has 0 radical (unpaired) electrons. The van der Waals surface area contributed by atoms with E-state index in [9.17, 15) is 9.59 Å². The number of nitrogens with zero attached hydrogens (tertiary/aromatic N) is 1. The summed E-state index contributed by atoms with van der Waals surface area (Å²) in [5.74, 6) is 1.14. The minimum Gasteiger partial charge on any atom is -0.497 e. The van der Waals surface area contributed by atoms with E-state index in [1.54, 1.807) is 50.2 Å². The highest BCUT2D eigenvalue weighted by atomic mass is 35.5. The van der Waals surface area contributed by atoms with Gasteiger partial charge in [-0.25, -0.2) is 0 Å². The highest BCUT2D eigenvalue weighted by Gasteiger charge is 2.25. The van der Waals surface area contributed by atoms with Crippen molar-refractivity contribution < 1.29 is 19.1 Å². The summed E-state index contributed by atoms with van der Waals surface area (Å²) in [6.07, 6.45) is 0.826. The molecule has 0 heterocycles. The van der Waals surface area contributed by atoms with Crippen molar-refractivity contribution in [3.8, 4) is 11.5 Å². The van der Waals surface area contributed by atoms with Gasteiger partial charge < -0.3 is 19.7 Å². The van der Waals surface area contributed by atoms with Crippen molar-refractivity contribution in [3.63, 3.8) is 0 Å². The fourth-order valence-electron chi connectivity index (χ4n) is 2.81. The van der Waals surface area contributed by atoms with Crippen molar-refractivity contribution in [1.82, 2.24) is 10.2 Å². The Labute approximate surface area is 176 Å². The Hall–Kier alpha value is -2.73. The Balaban J connectivity index is 1.95. The van der Waals surface area contributed by atoms with Crippen molar-refractivity contribution in [2.45, 2.75) is 32.4 Å². The van der Waals surface area contributed by atoms with Crippen LogP contribution < -0.4 is 14.8 Å². The maximum Gasteiger partial charge on any atom is 0.242 e. The minimum atomic E-state index is -0.577. The summed E-state index contributed by atoms with van der Waals surface area (Å²) in [4.78, 5) is 26.6. The van der Waals surface area contributed by atoms with Crippen LogP contribution in [-0.2, 0) is 16.1 Å². The van der Waals surface area contributed by atoms with Gasteiger partial charge in [0, 0.05) is 25.0 Å². The van der Waals surface area contributed by atoms with Gasteiger partial charge in [0.2, 0.25) is 11.8 Å². The van der Waals surface area contributed by atoms with Crippen LogP contribution in [0, 0.1) is 0 Å². The molecule has 29 heavy (non-hydrogen) atoms. The van der Waals surface area contributed by atoms with Gasteiger partial charge in [-0.05, 0) is 55.3 Å². The average Bonchev–Trinajstić information content (AvgIpc) is 2.75. The molecule has 2 aromatic rings. The molecule has 0 bridgehead atoms. The Morgan fingerprint density at radius 3 is 2.28 bits per heavy atom. The van der Waals surface area contributed by atoms with E-state index < -0.39 is 6.04 Å². The molecule has 0 saturated carbocycles. The van der Waals surface area contributed by atoms with Crippen molar-refractivity contribution in [3.05, 3.63) is 59.1 Å². The summed E-state index contributed by atoms with van der Waals surface area (Å²) in [5.41, 5.74) is 0.923.